The molecule has 0 bridgehead atoms. The first-order chi connectivity index (χ1) is 15.8. The normalized spacial score (nSPS) is 16.1. The Hall–Kier alpha value is -2.84. The molecule has 174 valence electrons. The van der Waals surface area contributed by atoms with E-state index in [0.29, 0.717) is 30.7 Å². The first-order valence-corrected chi connectivity index (χ1v) is 11.2. The molecule has 2 N–H and O–H groups in total. The summed E-state index contributed by atoms with van der Waals surface area (Å²) >= 11 is 0. The van der Waals surface area contributed by atoms with Crippen LogP contribution in [0.2, 0.25) is 0 Å². The number of ether oxygens (including phenoxy) is 4. The van der Waals surface area contributed by atoms with Crippen molar-refractivity contribution >= 4 is 5.96 Å². The average Bonchev–Trinajstić information content (AvgIpc) is 3.33. The molecule has 1 aliphatic heterocycles. The van der Waals surface area contributed by atoms with Crippen LogP contribution < -0.4 is 20.1 Å². The van der Waals surface area contributed by atoms with Crippen molar-refractivity contribution in [1.82, 2.24) is 15.6 Å². The van der Waals surface area contributed by atoms with E-state index in [4.69, 9.17) is 18.9 Å². The SMILES string of the molecule is CCOc1ccc(Oc2cc(CNC(=NC)NCCCOCC3CCOC3)ccn2)cc1. The number of rotatable bonds is 12. The molecule has 1 aromatic carbocycles. The Morgan fingerprint density at radius 2 is 2.03 bits per heavy atom. The van der Waals surface area contributed by atoms with Gasteiger partial charge >= 0.3 is 0 Å². The summed E-state index contributed by atoms with van der Waals surface area (Å²) in [5, 5.41) is 6.63. The van der Waals surface area contributed by atoms with Gasteiger partial charge in [-0.1, -0.05) is 0 Å². The van der Waals surface area contributed by atoms with Gasteiger partial charge in [-0.05, 0) is 55.7 Å². The van der Waals surface area contributed by atoms with Crippen LogP contribution in [0.4, 0.5) is 0 Å². The number of aliphatic imine (C=N–C) groups is 1. The van der Waals surface area contributed by atoms with E-state index < -0.39 is 0 Å². The summed E-state index contributed by atoms with van der Waals surface area (Å²) in [6, 6.07) is 11.4. The van der Waals surface area contributed by atoms with Crippen LogP contribution in [0.1, 0.15) is 25.3 Å². The fraction of sp³-hybridized carbons (Fsp3) is 0.500. The third kappa shape index (κ3) is 8.36. The smallest absolute Gasteiger partial charge is 0.219 e. The second-order valence-corrected chi connectivity index (χ2v) is 7.52. The van der Waals surface area contributed by atoms with Crippen LogP contribution in [0.5, 0.6) is 17.4 Å². The van der Waals surface area contributed by atoms with Crippen LogP contribution in [0.3, 0.4) is 0 Å². The molecule has 3 rings (SSSR count). The molecule has 32 heavy (non-hydrogen) atoms. The van der Waals surface area contributed by atoms with Gasteiger partial charge in [-0.2, -0.15) is 0 Å². The number of nitrogens with zero attached hydrogens (tertiary/aromatic N) is 2. The minimum atomic E-state index is 0.543. The van der Waals surface area contributed by atoms with Crippen LogP contribution in [0.25, 0.3) is 0 Å². The van der Waals surface area contributed by atoms with Crippen molar-refractivity contribution in [2.45, 2.75) is 26.3 Å². The van der Waals surface area contributed by atoms with Gasteiger partial charge in [0.15, 0.2) is 5.96 Å². The summed E-state index contributed by atoms with van der Waals surface area (Å²) in [5.41, 5.74) is 1.05. The van der Waals surface area contributed by atoms with E-state index >= 15 is 0 Å². The fourth-order valence-electron chi connectivity index (χ4n) is 3.26. The van der Waals surface area contributed by atoms with E-state index in [1.165, 1.54) is 0 Å². The Bertz CT molecular complexity index is 823. The van der Waals surface area contributed by atoms with Crippen molar-refractivity contribution in [1.29, 1.82) is 0 Å². The summed E-state index contributed by atoms with van der Waals surface area (Å²) in [5.74, 6) is 3.38. The van der Waals surface area contributed by atoms with Crippen LogP contribution in [0.15, 0.2) is 47.6 Å². The monoisotopic (exact) mass is 442 g/mol. The number of pyridine rings is 1. The Balaban J connectivity index is 1.36. The predicted molar refractivity (Wildman–Crippen MR) is 124 cm³/mol. The summed E-state index contributed by atoms with van der Waals surface area (Å²) in [7, 11) is 1.76. The lowest BCUT2D eigenvalue weighted by Crippen LogP contribution is -2.37. The Morgan fingerprint density at radius 1 is 1.19 bits per heavy atom. The van der Waals surface area contributed by atoms with Crippen molar-refractivity contribution in [2.75, 3.05) is 46.6 Å². The molecular formula is C24H34N4O4. The second-order valence-electron chi connectivity index (χ2n) is 7.52. The molecule has 0 spiro atoms. The zero-order chi connectivity index (χ0) is 22.4. The van der Waals surface area contributed by atoms with Crippen LogP contribution in [-0.4, -0.2) is 57.6 Å². The average molecular weight is 443 g/mol. The lowest BCUT2D eigenvalue weighted by molar-refractivity contribution is 0.0888. The van der Waals surface area contributed by atoms with Gasteiger partial charge in [0.2, 0.25) is 5.88 Å². The first kappa shape index (κ1) is 23.8. The zero-order valence-electron chi connectivity index (χ0n) is 19.0. The molecule has 1 saturated heterocycles. The Morgan fingerprint density at radius 3 is 2.78 bits per heavy atom. The molecule has 0 radical (unpaired) electrons. The van der Waals surface area contributed by atoms with E-state index in [2.05, 4.69) is 20.6 Å². The summed E-state index contributed by atoms with van der Waals surface area (Å²) in [6.45, 7) is 7.22. The molecule has 2 aromatic rings. The maximum atomic E-state index is 5.86. The van der Waals surface area contributed by atoms with E-state index in [1.54, 1.807) is 13.2 Å². The molecule has 0 aliphatic carbocycles. The van der Waals surface area contributed by atoms with Gasteiger partial charge in [0.25, 0.3) is 0 Å². The standard InChI is InChI=1S/C24H34N4O4/c1-3-31-21-5-7-22(8-6-21)32-23-15-19(9-12-26-23)16-28-24(25-2)27-11-4-13-29-17-20-10-14-30-18-20/h5-9,12,15,20H,3-4,10-11,13-14,16-18H2,1-2H3,(H2,25,27,28). The minimum absolute atomic E-state index is 0.543. The van der Waals surface area contributed by atoms with Crippen molar-refractivity contribution in [2.24, 2.45) is 10.9 Å². The molecule has 2 heterocycles. The van der Waals surface area contributed by atoms with E-state index in [0.717, 1.165) is 63.1 Å². The lowest BCUT2D eigenvalue weighted by Gasteiger charge is -2.13. The van der Waals surface area contributed by atoms with Gasteiger partial charge < -0.3 is 29.6 Å². The Kier molecular flexibility index (Phi) is 10.1. The van der Waals surface area contributed by atoms with E-state index in [9.17, 15) is 0 Å². The fourth-order valence-corrected chi connectivity index (χ4v) is 3.26. The number of nitrogens with one attached hydrogen (secondary N) is 2. The molecule has 1 fully saturated rings. The summed E-state index contributed by atoms with van der Waals surface area (Å²) in [4.78, 5) is 8.57. The highest BCUT2D eigenvalue weighted by molar-refractivity contribution is 5.79. The van der Waals surface area contributed by atoms with Gasteiger partial charge in [-0.15, -0.1) is 0 Å². The highest BCUT2D eigenvalue weighted by Gasteiger charge is 2.15. The molecule has 8 heteroatoms. The number of benzene rings is 1. The molecule has 0 saturated carbocycles. The Labute approximate surface area is 190 Å². The molecule has 1 atom stereocenters. The number of hydrogen-bond acceptors (Lipinski definition) is 6. The van der Waals surface area contributed by atoms with Crippen LogP contribution in [-0.2, 0) is 16.0 Å². The maximum absolute atomic E-state index is 5.86. The van der Waals surface area contributed by atoms with Gasteiger partial charge in [0.05, 0.1) is 19.8 Å². The number of aromatic nitrogens is 1. The van der Waals surface area contributed by atoms with Crippen molar-refractivity contribution in [3.63, 3.8) is 0 Å². The van der Waals surface area contributed by atoms with E-state index in [-0.39, 0.29) is 0 Å². The van der Waals surface area contributed by atoms with Crippen molar-refractivity contribution in [3.05, 3.63) is 48.2 Å². The predicted octanol–water partition coefficient (Wildman–Crippen LogP) is 3.38. The van der Waals surface area contributed by atoms with Gasteiger partial charge in [-0.25, -0.2) is 4.98 Å². The van der Waals surface area contributed by atoms with Crippen molar-refractivity contribution in [3.8, 4) is 17.4 Å². The topological polar surface area (TPSA) is 86.2 Å². The van der Waals surface area contributed by atoms with Gasteiger partial charge in [0.1, 0.15) is 11.5 Å². The first-order valence-electron chi connectivity index (χ1n) is 11.2. The largest absolute Gasteiger partial charge is 0.494 e. The summed E-state index contributed by atoms with van der Waals surface area (Å²) < 4.78 is 22.4. The second kappa shape index (κ2) is 13.5. The highest BCUT2D eigenvalue weighted by atomic mass is 16.5. The van der Waals surface area contributed by atoms with Crippen LogP contribution >= 0.6 is 0 Å². The van der Waals surface area contributed by atoms with Gasteiger partial charge in [0, 0.05) is 51.5 Å². The van der Waals surface area contributed by atoms with E-state index in [1.807, 2.05) is 43.3 Å². The molecule has 0 amide bonds. The lowest BCUT2D eigenvalue weighted by atomic mass is 10.1. The molecule has 1 aromatic heterocycles. The van der Waals surface area contributed by atoms with Crippen molar-refractivity contribution < 1.29 is 18.9 Å². The summed E-state index contributed by atoms with van der Waals surface area (Å²) in [6.07, 6.45) is 3.77. The van der Waals surface area contributed by atoms with Crippen LogP contribution in [0, 0.1) is 5.92 Å². The minimum Gasteiger partial charge on any atom is -0.494 e. The maximum Gasteiger partial charge on any atom is 0.219 e. The zero-order valence-corrected chi connectivity index (χ0v) is 19.0. The van der Waals surface area contributed by atoms with Gasteiger partial charge in [-0.3, -0.25) is 4.99 Å². The number of hydrogen-bond donors (Lipinski definition) is 2. The highest BCUT2D eigenvalue weighted by Crippen LogP contribution is 2.23. The third-order valence-corrected chi connectivity index (χ3v) is 4.98. The molecule has 1 unspecified atom stereocenters. The molecule has 1 aliphatic rings. The molecular weight excluding hydrogens is 408 g/mol. The quantitative estimate of drug-likeness (QED) is 0.296. The molecule has 8 nitrogen and oxygen atoms in total. The number of guanidine groups is 1. The third-order valence-electron chi connectivity index (χ3n) is 4.98.